The van der Waals surface area contributed by atoms with E-state index in [9.17, 15) is 4.79 Å². The van der Waals surface area contributed by atoms with E-state index in [1.165, 1.54) is 10.4 Å². The molecule has 2 N–H and O–H groups in total. The van der Waals surface area contributed by atoms with Crippen molar-refractivity contribution in [1.82, 2.24) is 4.90 Å². The molecule has 0 spiro atoms. The van der Waals surface area contributed by atoms with Crippen LogP contribution in [0, 0.1) is 12.8 Å². The molecule has 2 heterocycles. The summed E-state index contributed by atoms with van der Waals surface area (Å²) in [6, 6.07) is 14.3. The lowest BCUT2D eigenvalue weighted by Crippen LogP contribution is -2.29. The fourth-order valence-electron chi connectivity index (χ4n) is 3.06. The zero-order valence-electron chi connectivity index (χ0n) is 12.2. The Bertz CT molecular complexity index is 623. The molecule has 1 aromatic carbocycles. The molecule has 0 bridgehead atoms. The quantitative estimate of drug-likeness (QED) is 0.947. The predicted octanol–water partition coefficient (Wildman–Crippen LogP) is 2.87. The van der Waals surface area contributed by atoms with Crippen molar-refractivity contribution in [3.8, 4) is 0 Å². The molecule has 2 atom stereocenters. The van der Waals surface area contributed by atoms with Gasteiger partial charge < -0.3 is 10.6 Å². The second kappa shape index (κ2) is 6.00. The van der Waals surface area contributed by atoms with Gasteiger partial charge in [-0.05, 0) is 37.1 Å². The normalized spacial score (nSPS) is 21.7. The molecule has 0 saturated carbocycles. The number of hydrogen-bond acceptors (Lipinski definition) is 3. The molecule has 1 aromatic heterocycles. The van der Waals surface area contributed by atoms with E-state index in [0.717, 1.165) is 18.0 Å². The van der Waals surface area contributed by atoms with Gasteiger partial charge in [0.15, 0.2) is 0 Å². The Morgan fingerprint density at radius 3 is 2.62 bits per heavy atom. The van der Waals surface area contributed by atoms with E-state index in [1.807, 2.05) is 30.0 Å². The van der Waals surface area contributed by atoms with Gasteiger partial charge >= 0.3 is 0 Å². The van der Waals surface area contributed by atoms with Crippen LogP contribution >= 0.6 is 11.3 Å². The fraction of sp³-hybridized carbons (Fsp3) is 0.353. The summed E-state index contributed by atoms with van der Waals surface area (Å²) in [5.74, 6) is 0.837. The Balaban J connectivity index is 1.79. The number of thiophene rings is 1. The number of nitrogens with zero attached hydrogens (tertiary/aromatic N) is 1. The van der Waals surface area contributed by atoms with Crippen LogP contribution in [0.4, 0.5) is 0 Å². The third-order valence-corrected chi connectivity index (χ3v) is 5.20. The highest BCUT2D eigenvalue weighted by Crippen LogP contribution is 2.33. The summed E-state index contributed by atoms with van der Waals surface area (Å²) in [6.07, 6.45) is 0. The van der Waals surface area contributed by atoms with Crippen LogP contribution in [0.2, 0.25) is 0 Å². The first kappa shape index (κ1) is 14.3. The molecule has 1 fully saturated rings. The van der Waals surface area contributed by atoms with E-state index in [2.05, 4.69) is 24.3 Å². The molecule has 1 saturated heterocycles. The number of benzene rings is 1. The van der Waals surface area contributed by atoms with Crippen LogP contribution in [0.1, 0.15) is 26.0 Å². The van der Waals surface area contributed by atoms with Gasteiger partial charge in [-0.1, -0.05) is 30.3 Å². The predicted molar refractivity (Wildman–Crippen MR) is 86.7 cm³/mol. The topological polar surface area (TPSA) is 46.3 Å². The molecule has 3 nitrogen and oxygen atoms in total. The van der Waals surface area contributed by atoms with Gasteiger partial charge in [-0.3, -0.25) is 4.79 Å². The van der Waals surface area contributed by atoms with Crippen molar-refractivity contribution in [2.24, 2.45) is 11.7 Å². The minimum Gasteiger partial charge on any atom is -0.337 e. The monoisotopic (exact) mass is 300 g/mol. The largest absolute Gasteiger partial charge is 0.337 e. The molecule has 1 aliphatic heterocycles. The Morgan fingerprint density at radius 2 is 2.00 bits per heavy atom. The van der Waals surface area contributed by atoms with Gasteiger partial charge in [-0.25, -0.2) is 0 Å². The van der Waals surface area contributed by atoms with Gasteiger partial charge in [0.2, 0.25) is 0 Å². The number of hydrogen-bond donors (Lipinski definition) is 1. The second-order valence-electron chi connectivity index (χ2n) is 5.63. The second-order valence-corrected chi connectivity index (χ2v) is 6.92. The summed E-state index contributed by atoms with van der Waals surface area (Å²) < 4.78 is 0. The Morgan fingerprint density at radius 1 is 1.24 bits per heavy atom. The van der Waals surface area contributed by atoms with Gasteiger partial charge in [0, 0.05) is 23.9 Å². The molecule has 0 unspecified atom stereocenters. The number of carbonyl (C=O) groups excluding carboxylic acids is 1. The van der Waals surface area contributed by atoms with Crippen LogP contribution in [-0.4, -0.2) is 30.4 Å². The van der Waals surface area contributed by atoms with Crippen molar-refractivity contribution in [1.29, 1.82) is 0 Å². The average Bonchev–Trinajstić information content (AvgIpc) is 3.13. The third-order valence-electron chi connectivity index (χ3n) is 4.21. The van der Waals surface area contributed by atoms with Crippen LogP contribution in [0.15, 0.2) is 42.5 Å². The van der Waals surface area contributed by atoms with Crippen LogP contribution < -0.4 is 5.73 Å². The molecule has 1 aliphatic rings. The molecule has 1 amide bonds. The first-order valence-electron chi connectivity index (χ1n) is 7.29. The molecule has 3 rings (SSSR count). The molecule has 2 aromatic rings. The van der Waals surface area contributed by atoms with Crippen molar-refractivity contribution >= 4 is 17.2 Å². The van der Waals surface area contributed by atoms with Gasteiger partial charge in [0.05, 0.1) is 4.88 Å². The SMILES string of the molecule is Cc1ccc(C(=O)N2C[C@@H](CN)[C@H](c3ccccc3)C2)s1. The van der Waals surface area contributed by atoms with Crippen molar-refractivity contribution in [3.05, 3.63) is 57.8 Å². The first-order chi connectivity index (χ1) is 10.2. The van der Waals surface area contributed by atoms with E-state index in [1.54, 1.807) is 11.3 Å². The van der Waals surface area contributed by atoms with Crippen LogP contribution in [-0.2, 0) is 0 Å². The van der Waals surface area contributed by atoms with Crippen molar-refractivity contribution in [2.75, 3.05) is 19.6 Å². The van der Waals surface area contributed by atoms with E-state index in [4.69, 9.17) is 5.73 Å². The zero-order chi connectivity index (χ0) is 14.8. The van der Waals surface area contributed by atoms with Crippen molar-refractivity contribution in [2.45, 2.75) is 12.8 Å². The number of carbonyl (C=O) groups is 1. The van der Waals surface area contributed by atoms with Crippen molar-refractivity contribution in [3.63, 3.8) is 0 Å². The average molecular weight is 300 g/mol. The lowest BCUT2D eigenvalue weighted by Gasteiger charge is -2.16. The summed E-state index contributed by atoms with van der Waals surface area (Å²) in [5.41, 5.74) is 7.21. The van der Waals surface area contributed by atoms with Gasteiger partial charge in [0.1, 0.15) is 0 Å². The number of amides is 1. The molecular weight excluding hydrogens is 280 g/mol. The van der Waals surface area contributed by atoms with E-state index >= 15 is 0 Å². The van der Waals surface area contributed by atoms with Gasteiger partial charge in [0.25, 0.3) is 5.91 Å². The molecule has 21 heavy (non-hydrogen) atoms. The summed E-state index contributed by atoms with van der Waals surface area (Å²) in [4.78, 5) is 16.6. The molecule has 0 radical (unpaired) electrons. The highest BCUT2D eigenvalue weighted by atomic mass is 32.1. The standard InChI is InChI=1S/C17H20N2OS/c1-12-7-8-16(21-12)17(20)19-10-14(9-18)15(11-19)13-5-3-2-4-6-13/h2-8,14-15H,9-11,18H2,1H3/t14-,15+/m1/s1. The molecular formula is C17H20N2OS. The summed E-state index contributed by atoms with van der Waals surface area (Å²) in [6.45, 7) is 4.17. The highest BCUT2D eigenvalue weighted by molar-refractivity contribution is 7.13. The Labute approximate surface area is 129 Å². The number of nitrogens with two attached hydrogens (primary N) is 1. The van der Waals surface area contributed by atoms with Crippen LogP contribution in [0.5, 0.6) is 0 Å². The fourth-order valence-corrected chi connectivity index (χ4v) is 3.89. The van der Waals surface area contributed by atoms with Crippen LogP contribution in [0.25, 0.3) is 0 Å². The minimum atomic E-state index is 0.144. The van der Waals surface area contributed by atoms with E-state index < -0.39 is 0 Å². The molecule has 4 heteroatoms. The number of likely N-dealkylation sites (tertiary alicyclic amines) is 1. The summed E-state index contributed by atoms with van der Waals surface area (Å²) >= 11 is 1.57. The zero-order valence-corrected chi connectivity index (χ0v) is 13.0. The molecule has 110 valence electrons. The maximum Gasteiger partial charge on any atom is 0.263 e. The Hall–Kier alpha value is -1.65. The number of rotatable bonds is 3. The molecule has 0 aliphatic carbocycles. The third kappa shape index (κ3) is 2.87. The van der Waals surface area contributed by atoms with Gasteiger partial charge in [-0.2, -0.15) is 0 Å². The smallest absolute Gasteiger partial charge is 0.263 e. The number of aryl methyl sites for hydroxylation is 1. The highest BCUT2D eigenvalue weighted by Gasteiger charge is 2.35. The minimum absolute atomic E-state index is 0.144. The van der Waals surface area contributed by atoms with E-state index in [0.29, 0.717) is 18.4 Å². The maximum atomic E-state index is 12.6. The summed E-state index contributed by atoms with van der Waals surface area (Å²) in [7, 11) is 0. The lowest BCUT2D eigenvalue weighted by atomic mass is 9.89. The van der Waals surface area contributed by atoms with E-state index in [-0.39, 0.29) is 5.91 Å². The Kier molecular flexibility index (Phi) is 4.08. The van der Waals surface area contributed by atoms with Gasteiger partial charge in [-0.15, -0.1) is 11.3 Å². The van der Waals surface area contributed by atoms with Crippen molar-refractivity contribution < 1.29 is 4.79 Å². The maximum absolute atomic E-state index is 12.6. The first-order valence-corrected chi connectivity index (χ1v) is 8.11. The lowest BCUT2D eigenvalue weighted by molar-refractivity contribution is 0.0791. The summed E-state index contributed by atoms with van der Waals surface area (Å²) in [5, 5.41) is 0. The van der Waals surface area contributed by atoms with Crippen LogP contribution in [0.3, 0.4) is 0 Å².